The van der Waals surface area contributed by atoms with Gasteiger partial charge in [0, 0.05) is 51.9 Å². The van der Waals surface area contributed by atoms with Gasteiger partial charge in [-0.05, 0) is 31.5 Å². The molecule has 0 aliphatic carbocycles. The normalized spacial score (nSPS) is 15.5. The summed E-state index contributed by atoms with van der Waals surface area (Å²) in [6.07, 6.45) is 2.30. The lowest BCUT2D eigenvalue weighted by molar-refractivity contribution is 0.0372. The van der Waals surface area contributed by atoms with Gasteiger partial charge in [-0.15, -0.1) is 0 Å². The maximum absolute atomic E-state index is 5.49. The second kappa shape index (κ2) is 11.7. The van der Waals surface area contributed by atoms with E-state index in [4.69, 9.17) is 14.2 Å². The fourth-order valence-corrected chi connectivity index (χ4v) is 3.18. The monoisotopic (exact) mass is 378 g/mol. The number of nitrogens with zero attached hydrogens (tertiary/aromatic N) is 3. The van der Waals surface area contributed by atoms with Crippen molar-refractivity contribution in [3.05, 3.63) is 23.8 Å². The maximum Gasteiger partial charge on any atom is 0.193 e. The molecule has 1 fully saturated rings. The lowest BCUT2D eigenvalue weighted by Gasteiger charge is -2.26. The number of aliphatic imine (C=N–C) groups is 1. The van der Waals surface area contributed by atoms with Gasteiger partial charge in [0.1, 0.15) is 11.5 Å². The average Bonchev–Trinajstić information content (AvgIpc) is 2.71. The Morgan fingerprint density at radius 3 is 2.67 bits per heavy atom. The van der Waals surface area contributed by atoms with Gasteiger partial charge < -0.3 is 24.4 Å². The van der Waals surface area contributed by atoms with Gasteiger partial charge in [0.2, 0.25) is 0 Å². The van der Waals surface area contributed by atoms with E-state index in [9.17, 15) is 0 Å². The second-order valence-corrected chi connectivity index (χ2v) is 6.67. The molecule has 1 N–H and O–H groups in total. The molecular formula is C20H34N4O3. The molecule has 1 aliphatic heterocycles. The van der Waals surface area contributed by atoms with Gasteiger partial charge in [0.05, 0.1) is 27.4 Å². The lowest BCUT2D eigenvalue weighted by Crippen LogP contribution is -2.39. The molecule has 0 saturated carbocycles. The number of hydrogen-bond acceptors (Lipinski definition) is 5. The highest BCUT2D eigenvalue weighted by atomic mass is 16.5. The van der Waals surface area contributed by atoms with E-state index in [2.05, 4.69) is 20.1 Å². The Kier molecular flexibility index (Phi) is 9.21. The number of rotatable bonds is 9. The zero-order chi connectivity index (χ0) is 19.5. The number of nitrogens with one attached hydrogen (secondary N) is 1. The second-order valence-electron chi connectivity index (χ2n) is 6.67. The molecule has 7 nitrogen and oxygen atoms in total. The molecule has 0 bridgehead atoms. The molecule has 0 aromatic heterocycles. The molecule has 1 saturated heterocycles. The lowest BCUT2D eigenvalue weighted by atomic mass is 10.2. The van der Waals surface area contributed by atoms with E-state index in [1.807, 2.05) is 32.3 Å². The number of methoxy groups -OCH3 is 2. The molecule has 7 heteroatoms. The molecule has 2 rings (SSSR count). The minimum absolute atomic E-state index is 0.709. The molecule has 0 spiro atoms. The fourth-order valence-electron chi connectivity index (χ4n) is 3.18. The van der Waals surface area contributed by atoms with Crippen LogP contribution in [0.5, 0.6) is 11.5 Å². The summed E-state index contributed by atoms with van der Waals surface area (Å²) in [4.78, 5) is 8.98. The average molecular weight is 379 g/mol. The Labute approximate surface area is 163 Å². The highest BCUT2D eigenvalue weighted by Crippen LogP contribution is 2.25. The Morgan fingerprint density at radius 1 is 1.22 bits per heavy atom. The predicted octanol–water partition coefficient (Wildman–Crippen LogP) is 1.82. The van der Waals surface area contributed by atoms with Crippen LogP contribution in [-0.4, -0.2) is 83.5 Å². The molecule has 1 aliphatic rings. The van der Waals surface area contributed by atoms with Crippen LogP contribution in [0.2, 0.25) is 0 Å². The zero-order valence-corrected chi connectivity index (χ0v) is 17.2. The molecule has 1 aromatic carbocycles. The minimum atomic E-state index is 0.709. The van der Waals surface area contributed by atoms with E-state index < -0.39 is 0 Å². The summed E-state index contributed by atoms with van der Waals surface area (Å²) >= 11 is 0. The molecule has 0 unspecified atom stereocenters. The van der Waals surface area contributed by atoms with E-state index in [0.29, 0.717) is 6.54 Å². The van der Waals surface area contributed by atoms with Crippen molar-refractivity contribution in [3.63, 3.8) is 0 Å². The van der Waals surface area contributed by atoms with Crippen LogP contribution in [0.3, 0.4) is 0 Å². The van der Waals surface area contributed by atoms with Crippen molar-refractivity contribution in [2.75, 3.05) is 67.7 Å². The summed E-state index contributed by atoms with van der Waals surface area (Å²) in [6, 6.07) is 5.89. The van der Waals surface area contributed by atoms with Gasteiger partial charge >= 0.3 is 0 Å². The number of hydrogen-bond donors (Lipinski definition) is 1. The van der Waals surface area contributed by atoms with Gasteiger partial charge in [-0.2, -0.15) is 0 Å². The summed E-state index contributed by atoms with van der Waals surface area (Å²) in [5, 5.41) is 3.45. The third-order valence-electron chi connectivity index (χ3n) is 4.76. The van der Waals surface area contributed by atoms with Gasteiger partial charge in [0.15, 0.2) is 5.96 Å². The van der Waals surface area contributed by atoms with Crippen LogP contribution in [0.25, 0.3) is 0 Å². The smallest absolute Gasteiger partial charge is 0.193 e. The fraction of sp³-hybridized carbons (Fsp3) is 0.650. The maximum atomic E-state index is 5.49. The number of unbranched alkanes of at least 4 members (excludes halogenated alkanes) is 1. The summed E-state index contributed by atoms with van der Waals surface area (Å²) in [5.41, 5.74) is 1.09. The molecule has 0 atom stereocenters. The van der Waals surface area contributed by atoms with Crippen LogP contribution in [-0.2, 0) is 11.3 Å². The third-order valence-corrected chi connectivity index (χ3v) is 4.76. The Hall–Kier alpha value is -1.99. The molecule has 1 aromatic rings. The Balaban J connectivity index is 1.75. The highest BCUT2D eigenvalue weighted by Gasteiger charge is 2.12. The van der Waals surface area contributed by atoms with Crippen molar-refractivity contribution >= 4 is 5.96 Å². The van der Waals surface area contributed by atoms with Crippen LogP contribution >= 0.6 is 0 Å². The summed E-state index contributed by atoms with van der Waals surface area (Å²) < 4.78 is 16.1. The van der Waals surface area contributed by atoms with Crippen molar-refractivity contribution in [3.8, 4) is 11.5 Å². The first-order chi connectivity index (χ1) is 13.2. The molecule has 152 valence electrons. The number of benzene rings is 1. The van der Waals surface area contributed by atoms with Crippen LogP contribution in [0.4, 0.5) is 0 Å². The molecular weight excluding hydrogens is 344 g/mol. The number of ether oxygens (including phenoxy) is 3. The van der Waals surface area contributed by atoms with Gasteiger partial charge in [-0.3, -0.25) is 9.89 Å². The quantitative estimate of drug-likeness (QED) is 0.402. The van der Waals surface area contributed by atoms with Gasteiger partial charge in [-0.1, -0.05) is 0 Å². The summed E-state index contributed by atoms with van der Waals surface area (Å²) in [7, 11) is 7.19. The highest BCUT2D eigenvalue weighted by molar-refractivity contribution is 5.79. The molecule has 0 amide bonds. The minimum Gasteiger partial charge on any atom is -0.497 e. The summed E-state index contributed by atoms with van der Waals surface area (Å²) in [5.74, 6) is 2.50. The van der Waals surface area contributed by atoms with E-state index in [1.54, 1.807) is 14.2 Å². The topological polar surface area (TPSA) is 58.6 Å². The molecule has 0 radical (unpaired) electrons. The van der Waals surface area contributed by atoms with E-state index in [0.717, 1.165) is 68.8 Å². The van der Waals surface area contributed by atoms with Crippen LogP contribution in [0, 0.1) is 0 Å². The number of morpholine rings is 1. The standard InChI is InChI=1S/C20H34N4O3/c1-21-20(22-9-5-6-10-24-11-13-27-14-12-24)23(2)16-17-7-8-18(25-3)15-19(17)26-4/h7-8,15H,5-6,9-14,16H2,1-4H3,(H,21,22). The Morgan fingerprint density at radius 2 is 2.00 bits per heavy atom. The van der Waals surface area contributed by atoms with Gasteiger partial charge in [0.25, 0.3) is 0 Å². The Bertz CT molecular complexity index is 589. The molecule has 1 heterocycles. The van der Waals surface area contributed by atoms with Crippen molar-refractivity contribution in [1.82, 2.24) is 15.1 Å². The molecule has 27 heavy (non-hydrogen) atoms. The van der Waals surface area contributed by atoms with Crippen LogP contribution < -0.4 is 14.8 Å². The van der Waals surface area contributed by atoms with Crippen molar-refractivity contribution in [2.24, 2.45) is 4.99 Å². The predicted molar refractivity (Wildman–Crippen MR) is 109 cm³/mol. The van der Waals surface area contributed by atoms with Crippen molar-refractivity contribution in [2.45, 2.75) is 19.4 Å². The zero-order valence-electron chi connectivity index (χ0n) is 17.2. The number of guanidine groups is 1. The first-order valence-corrected chi connectivity index (χ1v) is 9.60. The van der Waals surface area contributed by atoms with Gasteiger partial charge in [-0.25, -0.2) is 0 Å². The first-order valence-electron chi connectivity index (χ1n) is 9.60. The van der Waals surface area contributed by atoms with E-state index in [-0.39, 0.29) is 0 Å². The van der Waals surface area contributed by atoms with E-state index >= 15 is 0 Å². The van der Waals surface area contributed by atoms with Crippen molar-refractivity contribution < 1.29 is 14.2 Å². The largest absolute Gasteiger partial charge is 0.497 e. The van der Waals surface area contributed by atoms with Crippen LogP contribution in [0.1, 0.15) is 18.4 Å². The van der Waals surface area contributed by atoms with Crippen LogP contribution in [0.15, 0.2) is 23.2 Å². The first kappa shape index (κ1) is 21.3. The SMILES string of the molecule is CN=C(NCCCCN1CCOCC1)N(C)Cc1ccc(OC)cc1OC. The van der Waals surface area contributed by atoms with Crippen molar-refractivity contribution in [1.29, 1.82) is 0 Å². The third kappa shape index (κ3) is 6.92. The van der Waals surface area contributed by atoms with E-state index in [1.165, 1.54) is 6.42 Å². The summed E-state index contributed by atoms with van der Waals surface area (Å²) in [6.45, 7) is 6.61.